The van der Waals surface area contributed by atoms with Crippen molar-refractivity contribution in [2.75, 3.05) is 46.7 Å². The van der Waals surface area contributed by atoms with Gasteiger partial charge >= 0.3 is 0 Å². The van der Waals surface area contributed by atoms with Gasteiger partial charge in [-0.1, -0.05) is 12.2 Å². The number of methoxy groups -OCH3 is 2. The number of thioether (sulfide) groups is 1. The largest absolute Gasteiger partial charge is 0.507 e. The number of nitrogens with zero attached hydrogens (tertiary/aromatic N) is 2. The van der Waals surface area contributed by atoms with Crippen LogP contribution in [-0.2, 0) is 6.54 Å². The van der Waals surface area contributed by atoms with Gasteiger partial charge in [-0.05, 0) is 6.26 Å². The number of benzene rings is 1. The lowest BCUT2D eigenvalue weighted by Gasteiger charge is -2.35. The molecule has 1 aliphatic rings. The van der Waals surface area contributed by atoms with Gasteiger partial charge in [0.1, 0.15) is 21.6 Å². The van der Waals surface area contributed by atoms with Crippen LogP contribution in [0.2, 0.25) is 0 Å². The molecule has 2 rings (SSSR count). The summed E-state index contributed by atoms with van der Waals surface area (Å²) in [6.07, 6.45) is 2.01. The number of aromatic hydroxyl groups is 1. The highest BCUT2D eigenvalue weighted by molar-refractivity contribution is 8.22. The Morgan fingerprint density at radius 1 is 1.22 bits per heavy atom. The molecule has 0 unspecified atom stereocenters. The van der Waals surface area contributed by atoms with E-state index in [0.717, 1.165) is 36.1 Å². The lowest BCUT2D eigenvalue weighted by Crippen LogP contribution is -2.47. The molecule has 1 heterocycles. The van der Waals surface area contributed by atoms with E-state index < -0.39 is 0 Å². The van der Waals surface area contributed by atoms with Crippen LogP contribution >= 0.6 is 36.4 Å². The Labute approximate surface area is 153 Å². The Morgan fingerprint density at radius 3 is 2.39 bits per heavy atom. The number of hydrogen-bond acceptors (Lipinski definition) is 6. The normalized spacial score (nSPS) is 15.0. The average molecular weight is 379 g/mol. The molecule has 0 aromatic heterocycles. The van der Waals surface area contributed by atoms with E-state index in [1.807, 2.05) is 6.26 Å². The summed E-state index contributed by atoms with van der Waals surface area (Å²) >= 11 is 6.94. The maximum Gasteiger partial charge on any atom is 0.136 e. The molecule has 0 atom stereocenters. The van der Waals surface area contributed by atoms with Crippen LogP contribution in [0.3, 0.4) is 0 Å². The summed E-state index contributed by atoms with van der Waals surface area (Å²) in [7, 11) is 3.17. The number of phenolic OH excluding ortho intramolecular Hbond substituents is 1. The van der Waals surface area contributed by atoms with E-state index in [4.69, 9.17) is 21.7 Å². The molecule has 1 saturated heterocycles. The SMILES string of the molecule is COc1cc(O)c(CN2CCN(C(=S)SC)CC2)c(OC)c1.Cl. The number of rotatable bonds is 4. The first-order valence-electron chi connectivity index (χ1n) is 7.08. The minimum absolute atomic E-state index is 0. The van der Waals surface area contributed by atoms with E-state index in [2.05, 4.69) is 9.80 Å². The predicted octanol–water partition coefficient (Wildman–Crippen LogP) is 2.60. The molecule has 5 nitrogen and oxygen atoms in total. The predicted molar refractivity (Wildman–Crippen MR) is 101 cm³/mol. The molecule has 1 aliphatic heterocycles. The van der Waals surface area contributed by atoms with Crippen LogP contribution in [0, 0.1) is 0 Å². The Kier molecular flexibility index (Phi) is 8.25. The topological polar surface area (TPSA) is 45.2 Å². The van der Waals surface area contributed by atoms with Crippen molar-refractivity contribution in [1.82, 2.24) is 9.80 Å². The average Bonchev–Trinajstić information content (AvgIpc) is 2.56. The van der Waals surface area contributed by atoms with Gasteiger partial charge in [0.2, 0.25) is 0 Å². The lowest BCUT2D eigenvalue weighted by molar-refractivity contribution is 0.175. The monoisotopic (exact) mass is 378 g/mol. The second-order valence-electron chi connectivity index (χ2n) is 5.06. The molecule has 130 valence electrons. The maximum atomic E-state index is 10.2. The highest BCUT2D eigenvalue weighted by Gasteiger charge is 2.21. The quantitative estimate of drug-likeness (QED) is 0.808. The van der Waals surface area contributed by atoms with Crippen LogP contribution in [-0.4, -0.2) is 65.9 Å². The second kappa shape index (κ2) is 9.42. The van der Waals surface area contributed by atoms with Crippen LogP contribution in [0.15, 0.2) is 12.1 Å². The van der Waals surface area contributed by atoms with Gasteiger partial charge in [0.05, 0.1) is 19.8 Å². The van der Waals surface area contributed by atoms with Gasteiger partial charge in [-0.3, -0.25) is 4.90 Å². The van der Waals surface area contributed by atoms with Gasteiger partial charge < -0.3 is 19.5 Å². The molecule has 1 aromatic rings. The van der Waals surface area contributed by atoms with Crippen molar-refractivity contribution in [3.05, 3.63) is 17.7 Å². The van der Waals surface area contributed by atoms with E-state index >= 15 is 0 Å². The van der Waals surface area contributed by atoms with Crippen molar-refractivity contribution in [1.29, 1.82) is 0 Å². The van der Waals surface area contributed by atoms with Gasteiger partial charge in [0.25, 0.3) is 0 Å². The van der Waals surface area contributed by atoms with Crippen LogP contribution in [0.25, 0.3) is 0 Å². The molecule has 0 spiro atoms. The summed E-state index contributed by atoms with van der Waals surface area (Å²) in [5, 5.41) is 10.2. The number of phenols is 1. The van der Waals surface area contributed by atoms with Crippen LogP contribution in [0.1, 0.15) is 5.56 Å². The first-order chi connectivity index (χ1) is 10.6. The highest BCUT2D eigenvalue weighted by atomic mass is 35.5. The molecule has 0 radical (unpaired) electrons. The van der Waals surface area contributed by atoms with Crippen molar-refractivity contribution in [2.45, 2.75) is 6.54 Å². The zero-order valence-corrected chi connectivity index (χ0v) is 16.0. The van der Waals surface area contributed by atoms with Crippen molar-refractivity contribution in [3.8, 4) is 17.2 Å². The minimum Gasteiger partial charge on any atom is -0.507 e. The van der Waals surface area contributed by atoms with Crippen LogP contribution in [0.4, 0.5) is 0 Å². The number of hydrogen-bond donors (Lipinski definition) is 1. The second-order valence-corrected chi connectivity index (χ2v) is 6.50. The van der Waals surface area contributed by atoms with Crippen molar-refractivity contribution in [2.24, 2.45) is 0 Å². The number of halogens is 1. The molecule has 0 saturated carbocycles. The highest BCUT2D eigenvalue weighted by Crippen LogP contribution is 2.34. The maximum absolute atomic E-state index is 10.2. The third-order valence-corrected chi connectivity index (χ3v) is 5.17. The first-order valence-corrected chi connectivity index (χ1v) is 8.71. The van der Waals surface area contributed by atoms with Crippen molar-refractivity contribution >= 4 is 40.7 Å². The summed E-state index contributed by atoms with van der Waals surface area (Å²) in [6.45, 7) is 4.31. The summed E-state index contributed by atoms with van der Waals surface area (Å²) in [4.78, 5) is 4.52. The smallest absolute Gasteiger partial charge is 0.136 e. The van der Waals surface area contributed by atoms with E-state index in [1.54, 1.807) is 38.1 Å². The van der Waals surface area contributed by atoms with Crippen molar-refractivity contribution < 1.29 is 14.6 Å². The third-order valence-electron chi connectivity index (χ3n) is 3.80. The molecule has 0 bridgehead atoms. The Bertz CT molecular complexity index is 538. The van der Waals surface area contributed by atoms with Gasteiger partial charge in [-0.25, -0.2) is 0 Å². The van der Waals surface area contributed by atoms with Gasteiger partial charge in [-0.15, -0.1) is 24.2 Å². The fourth-order valence-electron chi connectivity index (χ4n) is 2.51. The third kappa shape index (κ3) is 5.04. The molecule has 1 fully saturated rings. The molecule has 8 heteroatoms. The fourth-order valence-corrected chi connectivity index (χ4v) is 3.13. The van der Waals surface area contributed by atoms with E-state index in [0.29, 0.717) is 18.0 Å². The summed E-state index contributed by atoms with van der Waals surface area (Å²) < 4.78 is 11.5. The first kappa shape index (κ1) is 20.2. The van der Waals surface area contributed by atoms with Gasteiger partial charge in [0.15, 0.2) is 0 Å². The zero-order valence-electron chi connectivity index (χ0n) is 13.6. The Hall–Kier alpha value is -0.890. The Morgan fingerprint density at radius 2 is 1.87 bits per heavy atom. The summed E-state index contributed by atoms with van der Waals surface area (Å²) in [5.74, 6) is 1.45. The molecular weight excluding hydrogens is 356 g/mol. The molecule has 1 N–H and O–H groups in total. The van der Waals surface area contributed by atoms with E-state index in [1.165, 1.54) is 0 Å². The molecule has 0 amide bonds. The van der Waals surface area contributed by atoms with Crippen LogP contribution in [0.5, 0.6) is 17.2 Å². The zero-order chi connectivity index (χ0) is 16.1. The Balaban J connectivity index is 0.00000264. The van der Waals surface area contributed by atoms with Crippen LogP contribution < -0.4 is 9.47 Å². The summed E-state index contributed by atoms with van der Waals surface area (Å²) in [6, 6.07) is 3.42. The lowest BCUT2D eigenvalue weighted by atomic mass is 10.1. The molecule has 1 aromatic carbocycles. The molecule has 0 aliphatic carbocycles. The van der Waals surface area contributed by atoms with Crippen molar-refractivity contribution in [3.63, 3.8) is 0 Å². The standard InChI is InChI=1S/C15H22N2O3S2.ClH/c1-19-11-8-13(18)12(14(9-11)20-2)10-16-4-6-17(7-5-16)15(21)22-3;/h8-9,18H,4-7,10H2,1-3H3;1H. The van der Waals surface area contributed by atoms with E-state index in [-0.39, 0.29) is 18.2 Å². The fraction of sp³-hybridized carbons (Fsp3) is 0.533. The number of piperazine rings is 1. The number of ether oxygens (including phenoxy) is 2. The number of thiocarbonyl (C=S) groups is 1. The van der Waals surface area contributed by atoms with Gasteiger partial charge in [0, 0.05) is 44.9 Å². The summed E-state index contributed by atoms with van der Waals surface area (Å²) in [5.41, 5.74) is 0.796. The van der Waals surface area contributed by atoms with E-state index in [9.17, 15) is 5.11 Å². The minimum atomic E-state index is 0. The molecular formula is C15H23ClN2O3S2. The molecule has 23 heavy (non-hydrogen) atoms. The van der Waals surface area contributed by atoms with Gasteiger partial charge in [-0.2, -0.15) is 0 Å².